The number of halogens is 5. The van der Waals surface area contributed by atoms with Crippen LogP contribution in [0.2, 0.25) is 0 Å². The summed E-state index contributed by atoms with van der Waals surface area (Å²) in [6.45, 7) is 0. The quantitative estimate of drug-likeness (QED) is 0.196. The molecule has 2 N–H and O–H groups in total. The molecule has 0 amide bonds. The molecule has 1 atom stereocenters. The second-order valence-electron chi connectivity index (χ2n) is 1.26. The Hall–Kier alpha value is 4.39. The van der Waals surface area contributed by atoms with E-state index >= 15 is 0 Å². The van der Waals surface area contributed by atoms with Crippen molar-refractivity contribution in [3.8, 4) is 0 Å². The topological polar surface area (TPSA) is 67.8 Å². The Morgan fingerprint density at radius 1 is 1.46 bits per heavy atom. The molecule has 0 radical (unpaired) electrons. The molecular formula is CH5BrI4NO4PPb. The van der Waals surface area contributed by atoms with Crippen molar-refractivity contribution < 1.29 is 17.7 Å². The van der Waals surface area contributed by atoms with Gasteiger partial charge in [-0.15, -0.1) is 0 Å². The van der Waals surface area contributed by atoms with Gasteiger partial charge in [0.2, 0.25) is 0 Å². The van der Waals surface area contributed by atoms with Crippen LogP contribution in [0.4, 0.5) is 0 Å². The van der Waals surface area contributed by atoms with Gasteiger partial charge in [-0.1, -0.05) is 0 Å². The zero-order valence-corrected chi connectivity index (χ0v) is 21.0. The monoisotopic (exact) mass is 921 g/mol. The first-order valence-corrected chi connectivity index (χ1v) is 48.2. The van der Waals surface area contributed by atoms with Crippen LogP contribution in [0, 0.1) is 0 Å². The summed E-state index contributed by atoms with van der Waals surface area (Å²) in [5.74, 6) is 0. The first-order chi connectivity index (χ1) is 5.62. The maximum atomic E-state index is 10.2. The van der Waals surface area contributed by atoms with Gasteiger partial charge >= 0.3 is 82.9 Å². The van der Waals surface area contributed by atoms with Gasteiger partial charge in [-0.05, 0) is 0 Å². The number of phosphoric acid groups is 1. The van der Waals surface area contributed by atoms with Crippen molar-refractivity contribution in [1.29, 1.82) is 0 Å². The van der Waals surface area contributed by atoms with Gasteiger partial charge in [0, 0.05) is 7.05 Å². The van der Waals surface area contributed by atoms with Crippen LogP contribution >= 0.6 is 95.1 Å². The van der Waals surface area contributed by atoms with Gasteiger partial charge in [-0.25, -0.2) is 8.18 Å². The van der Waals surface area contributed by atoms with E-state index in [9.17, 15) is 4.57 Å². The van der Waals surface area contributed by atoms with E-state index in [1.54, 1.807) is 0 Å². The van der Waals surface area contributed by atoms with E-state index < -0.39 is 11.8 Å². The van der Waals surface area contributed by atoms with Crippen molar-refractivity contribution in [3.63, 3.8) is 0 Å². The molecule has 12 heteroatoms. The molecule has 0 bridgehead atoms. The van der Waals surface area contributed by atoms with Gasteiger partial charge < -0.3 is 4.89 Å². The van der Waals surface area contributed by atoms with E-state index in [1.807, 2.05) is 5.48 Å². The zero-order chi connectivity index (χ0) is 11.1. The molecule has 82 valence electrons. The average Bonchev–Trinajstić information content (AvgIpc) is 1.84. The van der Waals surface area contributed by atoms with Crippen molar-refractivity contribution in [1.82, 2.24) is 5.48 Å². The fraction of sp³-hybridized carbons (Fsp3) is 1.00. The third-order valence-electron chi connectivity index (χ3n) is 0.294. The first kappa shape index (κ1) is 19.7. The third kappa shape index (κ3) is 26.2. The van der Waals surface area contributed by atoms with Crippen LogP contribution in [0.25, 0.3) is 0 Å². The predicted octanol–water partition coefficient (Wildman–Crippen LogP) is 3.73. The number of hydrogen-bond acceptors (Lipinski definition) is 4. The van der Waals surface area contributed by atoms with Gasteiger partial charge in [0.15, 0.2) is 0 Å². The molecule has 0 aliphatic heterocycles. The van der Waals surface area contributed by atoms with Crippen LogP contribution < -0.4 is 5.48 Å². The zero-order valence-electron chi connectivity index (χ0n) is 6.01. The second kappa shape index (κ2) is 10.3. The first-order valence-electron chi connectivity index (χ1n) is 2.36. The Morgan fingerprint density at radius 2 is 1.77 bits per heavy atom. The molecule has 1 unspecified atom stereocenters. The molecular weight excluding hydrogens is 916 g/mol. The molecule has 0 aromatic heterocycles. The fourth-order valence-corrected chi connectivity index (χ4v) is 0.566. The van der Waals surface area contributed by atoms with Crippen LogP contribution in [-0.4, -0.2) is 15.9 Å². The SMILES string of the molecule is CNOP(=O)(O)OBr.[I][Pb]([I])([I])[I]. The molecule has 0 aromatic carbocycles. The van der Waals surface area contributed by atoms with Crippen LogP contribution in [0.3, 0.4) is 0 Å². The molecule has 0 spiro atoms. The van der Waals surface area contributed by atoms with E-state index in [0.29, 0.717) is 0 Å². The molecule has 0 aliphatic rings. The van der Waals surface area contributed by atoms with Crippen LogP contribution in [0.15, 0.2) is 0 Å². The van der Waals surface area contributed by atoms with E-state index in [0.717, 1.165) is 0 Å². The minimum absolute atomic E-state index is 1.34. The molecule has 13 heavy (non-hydrogen) atoms. The Labute approximate surface area is 126 Å². The van der Waals surface area contributed by atoms with Gasteiger partial charge in [-0.2, -0.15) is 10.1 Å². The number of hydrogen-bond donors (Lipinski definition) is 2. The van der Waals surface area contributed by atoms with E-state index in [4.69, 9.17) is 4.89 Å². The minimum atomic E-state index is -3.87. The third-order valence-corrected chi connectivity index (χ3v) is 1.98. The van der Waals surface area contributed by atoms with Gasteiger partial charge in [0.05, 0.1) is 0 Å². The summed E-state index contributed by atoms with van der Waals surface area (Å²) in [6.07, 6.45) is 0. The summed E-state index contributed by atoms with van der Waals surface area (Å²) in [4.78, 5) is 8.32. The molecule has 0 rings (SSSR count). The molecule has 0 fully saturated rings. The Morgan fingerprint density at radius 3 is 1.85 bits per heavy atom. The van der Waals surface area contributed by atoms with Crippen molar-refractivity contribution in [3.05, 3.63) is 0 Å². The van der Waals surface area contributed by atoms with Crippen LogP contribution in [0.1, 0.15) is 0 Å². The maximum absolute atomic E-state index is 10.2. The van der Waals surface area contributed by atoms with Gasteiger partial charge in [0.25, 0.3) is 0 Å². The molecule has 0 heterocycles. The van der Waals surface area contributed by atoms with Crippen molar-refractivity contribution in [2.75, 3.05) is 7.05 Å². The van der Waals surface area contributed by atoms with E-state index in [2.05, 4.69) is 95.5 Å². The summed E-state index contributed by atoms with van der Waals surface area (Å²) in [7, 11) is -2.53. The van der Waals surface area contributed by atoms with Crippen LogP contribution in [0.5, 0.6) is 0 Å². The van der Waals surface area contributed by atoms with Gasteiger partial charge in [0.1, 0.15) is 16.3 Å². The second-order valence-corrected chi connectivity index (χ2v) is 172. The summed E-state index contributed by atoms with van der Waals surface area (Å²) in [5, 5.41) is 0. The van der Waals surface area contributed by atoms with Gasteiger partial charge in [-0.3, -0.25) is 0 Å². The average molecular weight is 921 g/mol. The Balaban J connectivity index is 0. The standard InChI is InChI=1S/CH5BrNO4P.4HI.Pb/c1-3-7-8(4,5)6-2;;;;;/h3H,1H3,(H,4,5);4*1H;/q;;;;;+4/p-4. The number of nitrogens with one attached hydrogen (secondary N) is 1. The molecule has 0 saturated carbocycles. The number of rotatable bonds is 3. The van der Waals surface area contributed by atoms with E-state index in [1.165, 1.54) is 7.05 Å². The molecule has 0 aliphatic carbocycles. The molecule has 0 aromatic rings. The summed E-state index contributed by atoms with van der Waals surface area (Å²) < 4.78 is 16.6. The summed E-state index contributed by atoms with van der Waals surface area (Å²) in [6, 6.07) is 0. The Bertz CT molecular complexity index is 172. The summed E-state index contributed by atoms with van der Waals surface area (Å²) in [5.41, 5.74) is 1.99. The van der Waals surface area contributed by atoms with Crippen molar-refractivity contribution >= 4 is 99.1 Å². The number of hydroxylamine groups is 1. The van der Waals surface area contributed by atoms with E-state index in [-0.39, 0.29) is 0 Å². The van der Waals surface area contributed by atoms with Crippen LogP contribution in [-0.2, 0) is 12.8 Å². The summed E-state index contributed by atoms with van der Waals surface area (Å²) >= 11 is 12.5. The predicted molar refractivity (Wildman–Crippen MR) is 91.8 cm³/mol. The fourth-order valence-electron chi connectivity index (χ4n) is 0.129. The Kier molecular flexibility index (Phi) is 15.7. The van der Waals surface area contributed by atoms with Crippen molar-refractivity contribution in [2.45, 2.75) is 0 Å². The molecule has 5 nitrogen and oxygen atoms in total. The van der Waals surface area contributed by atoms with Crippen molar-refractivity contribution in [2.24, 2.45) is 0 Å². The molecule has 0 saturated heterocycles. The normalized spacial score (nSPS) is 15.6.